The van der Waals surface area contributed by atoms with Gasteiger partial charge in [-0.3, -0.25) is 14.4 Å². The van der Waals surface area contributed by atoms with Gasteiger partial charge in [0.05, 0.1) is 11.6 Å². The van der Waals surface area contributed by atoms with Crippen LogP contribution in [0.2, 0.25) is 0 Å². The van der Waals surface area contributed by atoms with Crippen molar-refractivity contribution in [3.8, 4) is 11.5 Å². The van der Waals surface area contributed by atoms with Crippen LogP contribution in [0, 0.1) is 6.92 Å². The van der Waals surface area contributed by atoms with Crippen molar-refractivity contribution in [2.75, 3.05) is 7.11 Å². The lowest BCUT2D eigenvalue weighted by molar-refractivity contribution is -0.132. The maximum atomic E-state index is 12.4. The molecule has 0 bridgehead atoms. The first-order chi connectivity index (χ1) is 11.9. The minimum atomic E-state index is -0.460. The lowest BCUT2D eigenvalue weighted by Crippen LogP contribution is -2.27. The van der Waals surface area contributed by atoms with Crippen LogP contribution in [0.1, 0.15) is 18.2 Å². The minimum absolute atomic E-state index is 0.159. The molecule has 9 heteroatoms. The number of methoxy groups -OCH3 is 1. The van der Waals surface area contributed by atoms with Gasteiger partial charge in [0, 0.05) is 6.92 Å². The number of carbonyl (C=O) groups is 1. The monoisotopic (exact) mass is 359 g/mol. The highest BCUT2D eigenvalue weighted by molar-refractivity contribution is 7.15. The molecule has 0 spiro atoms. The van der Waals surface area contributed by atoms with E-state index in [4.69, 9.17) is 9.47 Å². The Morgan fingerprint density at radius 2 is 2.04 bits per heavy atom. The Hall–Kier alpha value is -3.07. The van der Waals surface area contributed by atoms with Crippen molar-refractivity contribution in [2.24, 2.45) is 0 Å². The van der Waals surface area contributed by atoms with Gasteiger partial charge < -0.3 is 9.47 Å². The van der Waals surface area contributed by atoms with Crippen molar-refractivity contribution < 1.29 is 14.3 Å². The van der Waals surface area contributed by atoms with E-state index < -0.39 is 11.5 Å². The molecule has 0 amide bonds. The molecule has 128 valence electrons. The van der Waals surface area contributed by atoms with Gasteiger partial charge in [0.25, 0.3) is 11.1 Å². The van der Waals surface area contributed by atoms with Gasteiger partial charge in [-0.05, 0) is 30.7 Å². The topological polar surface area (TPSA) is 99.9 Å². The van der Waals surface area contributed by atoms with Gasteiger partial charge >= 0.3 is 5.97 Å². The lowest BCUT2D eigenvalue weighted by atomic mass is 10.2. The first kappa shape index (κ1) is 16.8. The van der Waals surface area contributed by atoms with Crippen LogP contribution in [-0.4, -0.2) is 27.7 Å². The number of rotatable bonds is 3. The Morgan fingerprint density at radius 1 is 1.28 bits per heavy atom. The molecule has 0 atom stereocenters. The number of aromatic nitrogens is 3. The minimum Gasteiger partial charge on any atom is -0.493 e. The molecule has 0 fully saturated rings. The molecular weight excluding hydrogens is 346 g/mol. The summed E-state index contributed by atoms with van der Waals surface area (Å²) < 4.78 is 11.7. The molecule has 0 radical (unpaired) electrons. The summed E-state index contributed by atoms with van der Waals surface area (Å²) in [5.41, 5.74) is 0.00117. The maximum absolute atomic E-state index is 12.4. The summed E-state index contributed by atoms with van der Waals surface area (Å²) in [6.45, 7) is 2.80. The fourth-order valence-corrected chi connectivity index (χ4v) is 3.06. The normalized spacial score (nSPS) is 11.7. The van der Waals surface area contributed by atoms with Crippen molar-refractivity contribution in [1.82, 2.24) is 14.6 Å². The number of ether oxygens (including phenoxy) is 2. The zero-order chi connectivity index (χ0) is 18.1. The van der Waals surface area contributed by atoms with Crippen LogP contribution in [0.15, 0.2) is 27.8 Å². The van der Waals surface area contributed by atoms with Gasteiger partial charge in [0.2, 0.25) is 4.96 Å². The van der Waals surface area contributed by atoms with Crippen molar-refractivity contribution in [3.63, 3.8) is 0 Å². The van der Waals surface area contributed by atoms with Crippen LogP contribution in [0.5, 0.6) is 11.5 Å². The second-order valence-electron chi connectivity index (χ2n) is 5.12. The van der Waals surface area contributed by atoms with E-state index in [1.54, 1.807) is 24.3 Å². The summed E-state index contributed by atoms with van der Waals surface area (Å²) in [6.07, 6.45) is 1.63. The van der Waals surface area contributed by atoms with E-state index in [9.17, 15) is 14.4 Å². The third kappa shape index (κ3) is 3.26. The van der Waals surface area contributed by atoms with Gasteiger partial charge in [-0.2, -0.15) is 14.6 Å². The molecule has 2 heterocycles. The van der Waals surface area contributed by atoms with Crippen molar-refractivity contribution in [3.05, 3.63) is 54.7 Å². The van der Waals surface area contributed by atoms with Crippen LogP contribution in [0.3, 0.4) is 0 Å². The molecule has 0 aliphatic carbocycles. The summed E-state index contributed by atoms with van der Waals surface area (Å²) >= 11 is 1.07. The van der Waals surface area contributed by atoms with E-state index in [0.29, 0.717) is 15.8 Å². The van der Waals surface area contributed by atoms with Crippen LogP contribution in [0.25, 0.3) is 11.0 Å². The molecule has 3 rings (SSSR count). The third-order valence-electron chi connectivity index (χ3n) is 3.28. The fourth-order valence-electron chi connectivity index (χ4n) is 2.15. The zero-order valence-electron chi connectivity index (χ0n) is 13.6. The summed E-state index contributed by atoms with van der Waals surface area (Å²) in [6, 6.07) is 4.89. The predicted octanol–water partition coefficient (Wildman–Crippen LogP) is 0.301. The van der Waals surface area contributed by atoms with E-state index in [0.717, 1.165) is 15.9 Å². The highest BCUT2D eigenvalue weighted by Crippen LogP contribution is 2.28. The van der Waals surface area contributed by atoms with Crippen LogP contribution >= 0.6 is 11.3 Å². The predicted molar refractivity (Wildman–Crippen MR) is 91.2 cm³/mol. The molecular formula is C16H13N3O5S. The average Bonchev–Trinajstić information content (AvgIpc) is 2.84. The standard InChI is InChI=1S/C16H13N3O5S/c1-8-14(21)17-16-19(18-8)15(22)13(25-16)7-10-4-5-11(24-9(2)20)12(6-10)23-3/h4-7H,1-3H3/b13-7-. The Balaban J connectivity index is 2.13. The fraction of sp³-hybridized carbons (Fsp3) is 0.188. The van der Waals surface area contributed by atoms with Gasteiger partial charge in [0.15, 0.2) is 11.5 Å². The average molecular weight is 359 g/mol. The molecule has 3 aromatic rings. The van der Waals surface area contributed by atoms with E-state index in [2.05, 4.69) is 10.1 Å². The van der Waals surface area contributed by atoms with E-state index in [1.807, 2.05) is 0 Å². The number of thiazole rings is 1. The largest absolute Gasteiger partial charge is 0.493 e. The summed E-state index contributed by atoms with van der Waals surface area (Å²) in [4.78, 5) is 39.1. The Kier molecular flexibility index (Phi) is 4.32. The highest BCUT2D eigenvalue weighted by Gasteiger charge is 2.10. The van der Waals surface area contributed by atoms with Crippen molar-refractivity contribution >= 4 is 28.3 Å². The molecule has 2 aromatic heterocycles. The zero-order valence-corrected chi connectivity index (χ0v) is 14.4. The van der Waals surface area contributed by atoms with Crippen LogP contribution in [-0.2, 0) is 4.79 Å². The van der Waals surface area contributed by atoms with E-state index in [-0.39, 0.29) is 22.0 Å². The molecule has 25 heavy (non-hydrogen) atoms. The van der Waals surface area contributed by atoms with Gasteiger partial charge in [0.1, 0.15) is 5.69 Å². The number of nitrogens with zero attached hydrogens (tertiary/aromatic N) is 3. The second kappa shape index (κ2) is 6.44. The SMILES string of the molecule is COc1cc(/C=c2\sc3nc(=O)c(C)nn3c2=O)ccc1OC(C)=O. The van der Waals surface area contributed by atoms with Crippen LogP contribution < -0.4 is 25.1 Å². The first-order valence-electron chi connectivity index (χ1n) is 7.17. The number of esters is 1. The van der Waals surface area contributed by atoms with Crippen molar-refractivity contribution in [1.29, 1.82) is 0 Å². The molecule has 0 N–H and O–H groups in total. The Morgan fingerprint density at radius 3 is 2.72 bits per heavy atom. The highest BCUT2D eigenvalue weighted by atomic mass is 32.1. The third-order valence-corrected chi connectivity index (χ3v) is 4.24. The maximum Gasteiger partial charge on any atom is 0.308 e. The van der Waals surface area contributed by atoms with Crippen LogP contribution in [0.4, 0.5) is 0 Å². The number of hydrogen-bond donors (Lipinski definition) is 0. The Bertz CT molecular complexity index is 1150. The molecule has 1 aromatic carbocycles. The molecule has 8 nitrogen and oxygen atoms in total. The summed E-state index contributed by atoms with van der Waals surface area (Å²) in [5, 5.41) is 3.95. The van der Waals surface area contributed by atoms with Gasteiger partial charge in [-0.1, -0.05) is 17.4 Å². The molecule has 0 unspecified atom stereocenters. The number of aryl methyl sites for hydroxylation is 1. The molecule has 0 aliphatic heterocycles. The summed E-state index contributed by atoms with van der Waals surface area (Å²) in [7, 11) is 1.45. The molecule has 0 saturated heterocycles. The quantitative estimate of drug-likeness (QED) is 0.490. The number of benzene rings is 1. The van der Waals surface area contributed by atoms with Gasteiger partial charge in [-0.15, -0.1) is 0 Å². The number of carbonyl (C=O) groups excluding carboxylic acids is 1. The molecule has 0 saturated carbocycles. The van der Waals surface area contributed by atoms with E-state index in [1.165, 1.54) is 21.0 Å². The summed E-state index contributed by atoms with van der Waals surface area (Å²) in [5.74, 6) is 0.188. The second-order valence-corrected chi connectivity index (χ2v) is 6.13. The van der Waals surface area contributed by atoms with Gasteiger partial charge in [-0.25, -0.2) is 0 Å². The van der Waals surface area contributed by atoms with Crippen molar-refractivity contribution in [2.45, 2.75) is 13.8 Å². The first-order valence-corrected chi connectivity index (χ1v) is 7.99. The smallest absolute Gasteiger partial charge is 0.308 e. The Labute approximate surface area is 145 Å². The molecule has 0 aliphatic rings. The number of fused-ring (bicyclic) bond motifs is 1. The number of hydrogen-bond acceptors (Lipinski definition) is 8. The lowest BCUT2D eigenvalue weighted by Gasteiger charge is -2.08. The van der Waals surface area contributed by atoms with E-state index >= 15 is 0 Å².